The van der Waals surface area contributed by atoms with E-state index in [4.69, 9.17) is 9.84 Å². The number of hydrogen-bond donors (Lipinski definition) is 1. The molecule has 28 heavy (non-hydrogen) atoms. The smallest absolute Gasteiger partial charge is 0.303 e. The molecule has 2 atom stereocenters. The first-order chi connectivity index (χ1) is 13.3. The first kappa shape index (κ1) is 20.7. The van der Waals surface area contributed by atoms with Gasteiger partial charge in [0.25, 0.3) is 0 Å². The highest BCUT2D eigenvalue weighted by Gasteiger charge is 2.48. The fourth-order valence-electron chi connectivity index (χ4n) is 3.34. The maximum absolute atomic E-state index is 12.2. The molecule has 1 aromatic rings. The number of sulfone groups is 1. The quantitative estimate of drug-likeness (QED) is 0.699. The van der Waals surface area contributed by atoms with E-state index in [9.17, 15) is 18.0 Å². The zero-order valence-corrected chi connectivity index (χ0v) is 17.0. The summed E-state index contributed by atoms with van der Waals surface area (Å²) in [6, 6.07) is 7.23. The van der Waals surface area contributed by atoms with Gasteiger partial charge in [0.2, 0.25) is 5.91 Å². The molecule has 2 aliphatic heterocycles. The summed E-state index contributed by atoms with van der Waals surface area (Å²) in [6.07, 6.45) is 0.199. The number of hydrogen-bond acceptors (Lipinski definition) is 6. The van der Waals surface area contributed by atoms with Gasteiger partial charge in [-0.3, -0.25) is 9.59 Å². The van der Waals surface area contributed by atoms with Crippen LogP contribution in [0, 0.1) is 0 Å². The van der Waals surface area contributed by atoms with Crippen molar-refractivity contribution in [2.75, 3.05) is 18.6 Å². The van der Waals surface area contributed by atoms with Crippen LogP contribution in [-0.2, 0) is 26.0 Å². The van der Waals surface area contributed by atoms with Crippen LogP contribution in [0.4, 0.5) is 0 Å². The van der Waals surface area contributed by atoms with Crippen molar-refractivity contribution in [1.82, 2.24) is 4.90 Å². The molecule has 0 spiro atoms. The van der Waals surface area contributed by atoms with Gasteiger partial charge >= 0.3 is 5.97 Å². The molecule has 0 aromatic heterocycles. The van der Waals surface area contributed by atoms with Crippen LogP contribution in [0.15, 0.2) is 29.3 Å². The molecule has 2 heterocycles. The number of carboxylic acid groups (broad SMARTS) is 1. The predicted molar refractivity (Wildman–Crippen MR) is 106 cm³/mol. The van der Waals surface area contributed by atoms with Crippen LogP contribution in [0.5, 0.6) is 5.75 Å². The fraction of sp³-hybridized carbons (Fsp3) is 0.500. The Morgan fingerprint density at radius 2 is 2.11 bits per heavy atom. The summed E-state index contributed by atoms with van der Waals surface area (Å²) in [6.45, 7) is 0.419. The number of benzene rings is 1. The second-order valence-corrected chi connectivity index (χ2v) is 10.2. The lowest BCUT2D eigenvalue weighted by Crippen LogP contribution is -2.37. The largest absolute Gasteiger partial charge is 0.497 e. The van der Waals surface area contributed by atoms with E-state index in [2.05, 4.69) is 4.99 Å². The Balaban J connectivity index is 1.79. The van der Waals surface area contributed by atoms with Crippen molar-refractivity contribution in [3.63, 3.8) is 0 Å². The van der Waals surface area contributed by atoms with Gasteiger partial charge in [0.15, 0.2) is 15.0 Å². The third-order valence-electron chi connectivity index (χ3n) is 4.66. The number of carbonyl (C=O) groups is 2. The molecule has 2 unspecified atom stereocenters. The average Bonchev–Trinajstić information content (AvgIpc) is 3.07. The minimum atomic E-state index is -3.11. The lowest BCUT2D eigenvalue weighted by Gasteiger charge is -2.24. The van der Waals surface area contributed by atoms with E-state index in [1.54, 1.807) is 7.11 Å². The normalized spacial score (nSPS) is 24.3. The predicted octanol–water partition coefficient (Wildman–Crippen LogP) is 1.55. The zero-order valence-electron chi connectivity index (χ0n) is 15.4. The number of carboxylic acids is 1. The van der Waals surface area contributed by atoms with Crippen molar-refractivity contribution in [1.29, 1.82) is 0 Å². The van der Waals surface area contributed by atoms with Crippen molar-refractivity contribution in [3.8, 4) is 5.75 Å². The topological polar surface area (TPSA) is 113 Å². The summed E-state index contributed by atoms with van der Waals surface area (Å²) < 4.78 is 29.4. The maximum Gasteiger partial charge on any atom is 0.303 e. The highest BCUT2D eigenvalue weighted by Crippen LogP contribution is 2.39. The van der Waals surface area contributed by atoms with Crippen molar-refractivity contribution in [2.45, 2.75) is 37.1 Å². The third-order valence-corrected chi connectivity index (χ3v) is 7.91. The summed E-state index contributed by atoms with van der Waals surface area (Å²) >= 11 is 1.32. The van der Waals surface area contributed by atoms with Crippen molar-refractivity contribution in [2.24, 2.45) is 4.99 Å². The Labute approximate surface area is 167 Å². The van der Waals surface area contributed by atoms with E-state index < -0.39 is 15.8 Å². The number of nitrogens with zero attached hydrogens (tertiary/aromatic N) is 2. The molecule has 2 aliphatic rings. The van der Waals surface area contributed by atoms with E-state index in [0.717, 1.165) is 5.56 Å². The number of amidine groups is 1. The Bertz CT molecular complexity index is 899. The van der Waals surface area contributed by atoms with Crippen LogP contribution in [0.25, 0.3) is 0 Å². The summed E-state index contributed by atoms with van der Waals surface area (Å²) in [5.74, 6) is -0.523. The number of ether oxygens (including phenoxy) is 1. The van der Waals surface area contributed by atoms with Crippen molar-refractivity contribution in [3.05, 3.63) is 29.8 Å². The van der Waals surface area contributed by atoms with Crippen LogP contribution < -0.4 is 4.74 Å². The molecule has 1 amide bonds. The maximum atomic E-state index is 12.2. The Hall–Kier alpha value is -2.07. The molecule has 2 saturated heterocycles. The van der Waals surface area contributed by atoms with Crippen LogP contribution in [-0.4, -0.2) is 65.4 Å². The van der Waals surface area contributed by atoms with Crippen molar-refractivity contribution < 1.29 is 27.9 Å². The molecule has 152 valence electrons. The van der Waals surface area contributed by atoms with Crippen LogP contribution in [0.2, 0.25) is 0 Å². The standard InChI is InChI=1S/C18H22N2O6S2/c1-26-13-5-2-4-12(8-13)9-20-14-10-28(24,25)11-15(14)27-18(20)19-16(21)6-3-7-17(22)23/h2,4-5,8,14-15H,3,6-7,9-11H2,1H3,(H,22,23). The highest BCUT2D eigenvalue weighted by molar-refractivity contribution is 8.15. The molecular weight excluding hydrogens is 404 g/mol. The fourth-order valence-corrected chi connectivity index (χ4v) is 7.31. The number of methoxy groups -OCH3 is 1. The number of rotatable bonds is 7. The zero-order chi connectivity index (χ0) is 20.3. The SMILES string of the molecule is COc1cccc(CN2C(=NC(=O)CCCC(=O)O)SC3CS(=O)(=O)CC32)c1. The van der Waals surface area contributed by atoms with Gasteiger partial charge < -0.3 is 14.7 Å². The average molecular weight is 427 g/mol. The van der Waals surface area contributed by atoms with Gasteiger partial charge in [0, 0.05) is 24.6 Å². The van der Waals surface area contributed by atoms with E-state index in [1.807, 2.05) is 29.2 Å². The van der Waals surface area contributed by atoms with Crippen LogP contribution >= 0.6 is 11.8 Å². The van der Waals surface area contributed by atoms with Crippen molar-refractivity contribution >= 4 is 38.6 Å². The molecule has 0 bridgehead atoms. The van der Waals surface area contributed by atoms with Crippen LogP contribution in [0.1, 0.15) is 24.8 Å². The minimum Gasteiger partial charge on any atom is -0.497 e. The van der Waals surface area contributed by atoms with Gasteiger partial charge in [0.05, 0.1) is 24.7 Å². The van der Waals surface area contributed by atoms with E-state index >= 15 is 0 Å². The summed E-state index contributed by atoms with van der Waals surface area (Å²) in [5, 5.41) is 9.05. The first-order valence-electron chi connectivity index (χ1n) is 8.87. The molecule has 3 rings (SSSR count). The monoisotopic (exact) mass is 426 g/mol. The van der Waals surface area contributed by atoms with Gasteiger partial charge in [-0.1, -0.05) is 23.9 Å². The number of amides is 1. The lowest BCUT2D eigenvalue weighted by molar-refractivity contribution is -0.137. The molecule has 2 fully saturated rings. The molecule has 1 aromatic carbocycles. The van der Waals surface area contributed by atoms with Gasteiger partial charge in [-0.25, -0.2) is 8.42 Å². The van der Waals surface area contributed by atoms with Crippen LogP contribution in [0.3, 0.4) is 0 Å². The molecule has 1 N–H and O–H groups in total. The molecule has 0 radical (unpaired) electrons. The first-order valence-corrected chi connectivity index (χ1v) is 11.6. The minimum absolute atomic E-state index is 0.0425. The highest BCUT2D eigenvalue weighted by atomic mass is 32.2. The second kappa shape index (κ2) is 8.52. The Morgan fingerprint density at radius 3 is 2.82 bits per heavy atom. The Morgan fingerprint density at radius 1 is 1.32 bits per heavy atom. The number of fused-ring (bicyclic) bond motifs is 1. The van der Waals surface area contributed by atoms with Gasteiger partial charge in [0.1, 0.15) is 5.75 Å². The Kier molecular flexibility index (Phi) is 6.29. The molecule has 10 heteroatoms. The lowest BCUT2D eigenvalue weighted by atomic mass is 10.1. The summed E-state index contributed by atoms with van der Waals surface area (Å²) in [4.78, 5) is 28.8. The van der Waals surface area contributed by atoms with E-state index in [1.165, 1.54) is 11.8 Å². The molecule has 0 saturated carbocycles. The summed E-state index contributed by atoms with van der Waals surface area (Å²) in [7, 11) is -1.54. The molecule has 8 nitrogen and oxygen atoms in total. The number of aliphatic carboxylic acids is 1. The molecular formula is C18H22N2O6S2. The van der Waals surface area contributed by atoms with Gasteiger partial charge in [-0.15, -0.1) is 0 Å². The third kappa shape index (κ3) is 5.05. The van der Waals surface area contributed by atoms with E-state index in [-0.39, 0.29) is 48.0 Å². The number of aliphatic imine (C=N–C) groups is 1. The van der Waals surface area contributed by atoms with E-state index in [0.29, 0.717) is 17.5 Å². The van der Waals surface area contributed by atoms with Gasteiger partial charge in [-0.2, -0.15) is 4.99 Å². The second-order valence-electron chi connectivity index (χ2n) is 6.82. The summed E-state index contributed by atoms with van der Waals surface area (Å²) in [5.41, 5.74) is 0.927. The molecule has 0 aliphatic carbocycles. The number of thioether (sulfide) groups is 1. The van der Waals surface area contributed by atoms with Gasteiger partial charge in [-0.05, 0) is 24.1 Å². The number of carbonyl (C=O) groups excluding carboxylic acids is 1.